The minimum atomic E-state index is 0.196. The van der Waals surface area contributed by atoms with Crippen molar-refractivity contribution < 1.29 is 4.79 Å². The number of likely N-dealkylation sites (tertiary alicyclic amines) is 1. The molecule has 0 aromatic heterocycles. The fraction of sp³-hybridized carbons (Fsp3) is 0.462. The molecular formula is C13H16BrNO. The zero-order chi connectivity index (χ0) is 11.5. The highest BCUT2D eigenvalue weighted by molar-refractivity contribution is 9.10. The molecule has 0 unspecified atom stereocenters. The number of nitrogens with zero attached hydrogens (tertiary/aromatic N) is 1. The van der Waals surface area contributed by atoms with E-state index in [9.17, 15) is 4.79 Å². The van der Waals surface area contributed by atoms with E-state index in [1.165, 1.54) is 0 Å². The number of rotatable bonds is 2. The Kier molecular flexibility index (Phi) is 3.64. The summed E-state index contributed by atoms with van der Waals surface area (Å²) in [6.07, 6.45) is 3.18. The van der Waals surface area contributed by atoms with E-state index in [4.69, 9.17) is 0 Å². The van der Waals surface area contributed by atoms with Gasteiger partial charge in [0.1, 0.15) is 0 Å². The van der Waals surface area contributed by atoms with Gasteiger partial charge in [-0.2, -0.15) is 0 Å². The number of halogens is 1. The van der Waals surface area contributed by atoms with Crippen molar-refractivity contribution in [3.05, 3.63) is 33.8 Å². The molecule has 1 aliphatic heterocycles. The normalized spacial score (nSPS) is 15.5. The van der Waals surface area contributed by atoms with Gasteiger partial charge in [0.15, 0.2) is 0 Å². The lowest BCUT2D eigenvalue weighted by atomic mass is 10.0. The van der Waals surface area contributed by atoms with Crippen molar-refractivity contribution in [2.75, 3.05) is 13.1 Å². The fourth-order valence-corrected chi connectivity index (χ4v) is 2.56. The molecule has 0 saturated carbocycles. The Bertz CT molecular complexity index is 397. The van der Waals surface area contributed by atoms with Crippen LogP contribution in [0, 0.1) is 0 Å². The lowest BCUT2D eigenvalue weighted by molar-refractivity contribution is 0.0792. The Labute approximate surface area is 105 Å². The minimum absolute atomic E-state index is 0.196. The third-order valence-corrected chi connectivity index (χ3v) is 3.57. The second-order valence-electron chi connectivity index (χ2n) is 4.15. The first kappa shape index (κ1) is 11.6. The average Bonchev–Trinajstić information content (AvgIpc) is 2.81. The van der Waals surface area contributed by atoms with Crippen LogP contribution in [0.4, 0.5) is 0 Å². The highest BCUT2D eigenvalue weighted by Gasteiger charge is 2.21. The van der Waals surface area contributed by atoms with Crippen LogP contribution in [0.3, 0.4) is 0 Å². The first-order valence-corrected chi connectivity index (χ1v) is 6.59. The van der Waals surface area contributed by atoms with E-state index in [1.807, 2.05) is 23.1 Å². The molecule has 1 fully saturated rings. The Morgan fingerprint density at radius 2 is 2.06 bits per heavy atom. The Hall–Kier alpha value is -0.830. The monoisotopic (exact) mass is 281 g/mol. The molecule has 86 valence electrons. The van der Waals surface area contributed by atoms with Gasteiger partial charge in [-0.05, 0) is 43.0 Å². The zero-order valence-corrected chi connectivity index (χ0v) is 11.1. The van der Waals surface area contributed by atoms with E-state index < -0.39 is 0 Å². The van der Waals surface area contributed by atoms with Crippen LogP contribution in [-0.2, 0) is 6.42 Å². The van der Waals surface area contributed by atoms with Gasteiger partial charge in [-0.15, -0.1) is 0 Å². The quantitative estimate of drug-likeness (QED) is 0.815. The maximum atomic E-state index is 12.2. The summed E-state index contributed by atoms with van der Waals surface area (Å²) in [5, 5.41) is 0. The van der Waals surface area contributed by atoms with Crippen LogP contribution in [0.5, 0.6) is 0 Å². The molecule has 2 rings (SSSR count). The lowest BCUT2D eigenvalue weighted by Crippen LogP contribution is -2.28. The number of aryl methyl sites for hydroxylation is 1. The third-order valence-electron chi connectivity index (χ3n) is 3.07. The van der Waals surface area contributed by atoms with Gasteiger partial charge >= 0.3 is 0 Å². The van der Waals surface area contributed by atoms with Crippen LogP contribution in [0.2, 0.25) is 0 Å². The van der Waals surface area contributed by atoms with Gasteiger partial charge in [0, 0.05) is 23.1 Å². The van der Waals surface area contributed by atoms with Crippen molar-refractivity contribution in [2.24, 2.45) is 0 Å². The summed E-state index contributed by atoms with van der Waals surface area (Å²) >= 11 is 3.44. The maximum absolute atomic E-state index is 12.2. The Balaban J connectivity index is 2.28. The molecule has 0 bridgehead atoms. The van der Waals surface area contributed by atoms with Gasteiger partial charge in [0.2, 0.25) is 0 Å². The van der Waals surface area contributed by atoms with Crippen LogP contribution < -0.4 is 0 Å². The standard InChI is InChI=1S/C13H16BrNO/c1-2-10-9-11(14)5-6-12(10)13(16)15-7-3-4-8-15/h5-6,9H,2-4,7-8H2,1H3. The molecule has 0 spiro atoms. The average molecular weight is 282 g/mol. The molecule has 0 aliphatic carbocycles. The third kappa shape index (κ3) is 2.29. The second kappa shape index (κ2) is 5.00. The molecule has 16 heavy (non-hydrogen) atoms. The molecule has 0 radical (unpaired) electrons. The summed E-state index contributed by atoms with van der Waals surface area (Å²) < 4.78 is 1.04. The summed E-state index contributed by atoms with van der Waals surface area (Å²) in [4.78, 5) is 14.2. The lowest BCUT2D eigenvalue weighted by Gasteiger charge is -2.17. The van der Waals surface area contributed by atoms with Crippen molar-refractivity contribution >= 4 is 21.8 Å². The zero-order valence-electron chi connectivity index (χ0n) is 9.50. The number of hydrogen-bond acceptors (Lipinski definition) is 1. The Morgan fingerprint density at radius 3 is 2.69 bits per heavy atom. The number of hydrogen-bond donors (Lipinski definition) is 0. The summed E-state index contributed by atoms with van der Waals surface area (Å²) in [5.74, 6) is 0.196. The van der Waals surface area contributed by atoms with Crippen molar-refractivity contribution in [1.29, 1.82) is 0 Å². The molecule has 1 heterocycles. The van der Waals surface area contributed by atoms with Gasteiger partial charge in [-0.3, -0.25) is 4.79 Å². The summed E-state index contributed by atoms with van der Waals surface area (Å²) in [7, 11) is 0. The van der Waals surface area contributed by atoms with E-state index in [-0.39, 0.29) is 5.91 Å². The van der Waals surface area contributed by atoms with Crippen LogP contribution in [0.1, 0.15) is 35.7 Å². The second-order valence-corrected chi connectivity index (χ2v) is 5.07. The number of carbonyl (C=O) groups is 1. The van der Waals surface area contributed by atoms with Gasteiger partial charge in [0.25, 0.3) is 5.91 Å². The largest absolute Gasteiger partial charge is 0.339 e. The summed E-state index contributed by atoms with van der Waals surface area (Å²) in [6, 6.07) is 5.93. The van der Waals surface area contributed by atoms with Crippen LogP contribution in [-0.4, -0.2) is 23.9 Å². The first-order chi connectivity index (χ1) is 7.72. The molecule has 1 saturated heterocycles. The molecule has 2 nitrogen and oxygen atoms in total. The topological polar surface area (TPSA) is 20.3 Å². The predicted octanol–water partition coefficient (Wildman–Crippen LogP) is 3.25. The van der Waals surface area contributed by atoms with Crippen LogP contribution >= 0.6 is 15.9 Å². The number of benzene rings is 1. The SMILES string of the molecule is CCc1cc(Br)ccc1C(=O)N1CCCC1. The van der Waals surface area contributed by atoms with E-state index >= 15 is 0 Å². The highest BCUT2D eigenvalue weighted by Crippen LogP contribution is 2.20. The van der Waals surface area contributed by atoms with Crippen molar-refractivity contribution in [2.45, 2.75) is 26.2 Å². The van der Waals surface area contributed by atoms with Crippen molar-refractivity contribution in [3.63, 3.8) is 0 Å². The van der Waals surface area contributed by atoms with Gasteiger partial charge < -0.3 is 4.90 Å². The minimum Gasteiger partial charge on any atom is -0.339 e. The molecular weight excluding hydrogens is 266 g/mol. The molecule has 1 amide bonds. The van der Waals surface area contributed by atoms with Crippen molar-refractivity contribution in [1.82, 2.24) is 4.90 Å². The highest BCUT2D eigenvalue weighted by atomic mass is 79.9. The fourth-order valence-electron chi connectivity index (χ4n) is 2.15. The molecule has 0 N–H and O–H groups in total. The molecule has 1 aromatic carbocycles. The molecule has 0 atom stereocenters. The van der Waals surface area contributed by atoms with Gasteiger partial charge in [-0.25, -0.2) is 0 Å². The van der Waals surface area contributed by atoms with E-state index in [0.717, 1.165) is 48.0 Å². The Morgan fingerprint density at radius 1 is 1.38 bits per heavy atom. The number of amides is 1. The van der Waals surface area contributed by atoms with E-state index in [0.29, 0.717) is 0 Å². The smallest absolute Gasteiger partial charge is 0.254 e. The van der Waals surface area contributed by atoms with Crippen molar-refractivity contribution in [3.8, 4) is 0 Å². The van der Waals surface area contributed by atoms with Crippen LogP contribution in [0.15, 0.2) is 22.7 Å². The first-order valence-electron chi connectivity index (χ1n) is 5.80. The predicted molar refractivity (Wildman–Crippen MR) is 68.7 cm³/mol. The van der Waals surface area contributed by atoms with E-state index in [1.54, 1.807) is 0 Å². The van der Waals surface area contributed by atoms with Crippen LogP contribution in [0.25, 0.3) is 0 Å². The number of carbonyl (C=O) groups excluding carboxylic acids is 1. The molecule has 1 aromatic rings. The van der Waals surface area contributed by atoms with Gasteiger partial charge in [-0.1, -0.05) is 22.9 Å². The molecule has 3 heteroatoms. The van der Waals surface area contributed by atoms with Gasteiger partial charge in [0.05, 0.1) is 0 Å². The summed E-state index contributed by atoms with van der Waals surface area (Å²) in [5.41, 5.74) is 2.00. The molecule has 1 aliphatic rings. The van der Waals surface area contributed by atoms with E-state index in [2.05, 4.69) is 22.9 Å². The maximum Gasteiger partial charge on any atom is 0.254 e. The summed E-state index contributed by atoms with van der Waals surface area (Å²) in [6.45, 7) is 3.92.